The minimum atomic E-state index is -2.83. The molecule has 0 spiro atoms. The first-order valence-electron chi connectivity index (χ1n) is 6.88. The lowest BCUT2D eigenvalue weighted by molar-refractivity contribution is 0.559. The van der Waals surface area contributed by atoms with E-state index in [2.05, 4.69) is 15.5 Å². The zero-order valence-electron chi connectivity index (χ0n) is 11.7. The fraction of sp³-hybridized carbons (Fsp3) is 0.429. The molecule has 6 nitrogen and oxygen atoms in total. The number of rotatable bonds is 3. The van der Waals surface area contributed by atoms with Crippen LogP contribution in [0, 0.1) is 6.92 Å². The monoisotopic (exact) mass is 307 g/mol. The number of aryl methyl sites for hydroxylation is 1. The lowest BCUT2D eigenvalue weighted by Gasteiger charge is -2.25. The molecular weight excluding hydrogens is 290 g/mol. The molecular formula is C14H17N3O3S. The highest BCUT2D eigenvalue weighted by Gasteiger charge is 2.23. The molecule has 7 heteroatoms. The van der Waals surface area contributed by atoms with Gasteiger partial charge in [-0.1, -0.05) is 6.07 Å². The van der Waals surface area contributed by atoms with Gasteiger partial charge in [0.1, 0.15) is 9.84 Å². The Morgan fingerprint density at radius 2 is 2.05 bits per heavy atom. The summed E-state index contributed by atoms with van der Waals surface area (Å²) < 4.78 is 28.1. The number of aromatic nitrogens is 2. The van der Waals surface area contributed by atoms with E-state index in [1.165, 1.54) is 6.39 Å². The van der Waals surface area contributed by atoms with E-state index in [0.717, 1.165) is 16.8 Å². The van der Waals surface area contributed by atoms with Crippen molar-refractivity contribution >= 4 is 15.5 Å². The van der Waals surface area contributed by atoms with Crippen molar-refractivity contribution in [1.29, 1.82) is 0 Å². The van der Waals surface area contributed by atoms with Crippen LogP contribution in [0.3, 0.4) is 0 Å². The van der Waals surface area contributed by atoms with E-state index in [4.69, 9.17) is 4.42 Å². The van der Waals surface area contributed by atoms with Gasteiger partial charge in [0, 0.05) is 17.3 Å². The highest BCUT2D eigenvalue weighted by Crippen LogP contribution is 2.26. The molecule has 1 N–H and O–H groups in total. The average molecular weight is 307 g/mol. The largest absolute Gasteiger partial charge is 0.423 e. The predicted molar refractivity (Wildman–Crippen MR) is 79.8 cm³/mol. The van der Waals surface area contributed by atoms with Crippen molar-refractivity contribution in [3.8, 4) is 11.5 Å². The molecule has 112 valence electrons. The van der Waals surface area contributed by atoms with E-state index < -0.39 is 9.84 Å². The highest BCUT2D eigenvalue weighted by molar-refractivity contribution is 7.91. The second kappa shape index (κ2) is 5.48. The Labute approximate surface area is 123 Å². The van der Waals surface area contributed by atoms with Crippen LogP contribution in [0.1, 0.15) is 18.4 Å². The van der Waals surface area contributed by atoms with Gasteiger partial charge in [-0.25, -0.2) is 8.42 Å². The Bertz CT molecular complexity index is 712. The normalized spacial score (nSPS) is 18.5. The summed E-state index contributed by atoms with van der Waals surface area (Å²) in [4.78, 5) is 0. The molecule has 0 saturated carbocycles. The van der Waals surface area contributed by atoms with E-state index in [9.17, 15) is 8.42 Å². The molecule has 0 radical (unpaired) electrons. The minimum absolute atomic E-state index is 0.185. The van der Waals surface area contributed by atoms with Crippen LogP contribution >= 0.6 is 0 Å². The molecule has 2 heterocycles. The van der Waals surface area contributed by atoms with E-state index in [1.807, 2.05) is 25.1 Å². The van der Waals surface area contributed by atoms with Crippen molar-refractivity contribution in [2.45, 2.75) is 25.8 Å². The number of nitrogens with zero attached hydrogens (tertiary/aromatic N) is 2. The zero-order valence-corrected chi connectivity index (χ0v) is 12.6. The van der Waals surface area contributed by atoms with Crippen LogP contribution in [-0.4, -0.2) is 36.2 Å². The van der Waals surface area contributed by atoms with Gasteiger partial charge in [0.15, 0.2) is 0 Å². The van der Waals surface area contributed by atoms with Gasteiger partial charge in [-0.3, -0.25) is 0 Å². The molecule has 2 aromatic rings. The lowest BCUT2D eigenvalue weighted by Crippen LogP contribution is -2.32. The van der Waals surface area contributed by atoms with Crippen LogP contribution in [0.5, 0.6) is 0 Å². The maximum atomic E-state index is 11.5. The molecule has 0 atom stereocenters. The Morgan fingerprint density at radius 1 is 1.29 bits per heavy atom. The van der Waals surface area contributed by atoms with Crippen molar-refractivity contribution in [3.05, 3.63) is 30.2 Å². The van der Waals surface area contributed by atoms with E-state index >= 15 is 0 Å². The highest BCUT2D eigenvalue weighted by atomic mass is 32.2. The summed E-state index contributed by atoms with van der Waals surface area (Å²) in [6.07, 6.45) is 2.59. The SMILES string of the molecule is Cc1ccc(-c2nnco2)cc1NC1CCS(=O)(=O)CC1. The number of nitrogens with one attached hydrogen (secondary N) is 1. The Balaban J connectivity index is 1.78. The summed E-state index contributed by atoms with van der Waals surface area (Å²) in [7, 11) is -2.83. The fourth-order valence-electron chi connectivity index (χ4n) is 2.46. The Hall–Kier alpha value is -1.89. The summed E-state index contributed by atoms with van der Waals surface area (Å²) in [5.41, 5.74) is 2.94. The molecule has 0 bridgehead atoms. The maximum Gasteiger partial charge on any atom is 0.247 e. The molecule has 1 saturated heterocycles. The van der Waals surface area contributed by atoms with Crippen molar-refractivity contribution in [2.24, 2.45) is 0 Å². The molecule has 1 aliphatic heterocycles. The van der Waals surface area contributed by atoms with Crippen LogP contribution in [0.15, 0.2) is 29.0 Å². The number of hydrogen-bond acceptors (Lipinski definition) is 6. The molecule has 3 rings (SSSR count). The van der Waals surface area contributed by atoms with Crippen LogP contribution in [-0.2, 0) is 9.84 Å². The molecule has 1 aromatic carbocycles. The molecule has 0 unspecified atom stereocenters. The maximum absolute atomic E-state index is 11.5. The first-order chi connectivity index (χ1) is 10.0. The third-order valence-corrected chi connectivity index (χ3v) is 5.47. The van der Waals surface area contributed by atoms with Gasteiger partial charge in [0.25, 0.3) is 0 Å². The van der Waals surface area contributed by atoms with Crippen LogP contribution in [0.2, 0.25) is 0 Å². The van der Waals surface area contributed by atoms with Crippen molar-refractivity contribution in [1.82, 2.24) is 10.2 Å². The Kier molecular flexibility index (Phi) is 3.67. The summed E-state index contributed by atoms with van der Waals surface area (Å²) in [5, 5.41) is 11.0. The van der Waals surface area contributed by atoms with Gasteiger partial charge in [-0.2, -0.15) is 0 Å². The molecule has 0 amide bonds. The van der Waals surface area contributed by atoms with Gasteiger partial charge >= 0.3 is 0 Å². The number of sulfone groups is 1. The van der Waals surface area contributed by atoms with E-state index in [1.54, 1.807) is 0 Å². The average Bonchev–Trinajstić information content (AvgIpc) is 2.97. The molecule has 21 heavy (non-hydrogen) atoms. The molecule has 1 fully saturated rings. The van der Waals surface area contributed by atoms with Crippen LogP contribution in [0.25, 0.3) is 11.5 Å². The van der Waals surface area contributed by atoms with Crippen molar-refractivity contribution in [3.63, 3.8) is 0 Å². The number of benzene rings is 1. The lowest BCUT2D eigenvalue weighted by atomic mass is 10.1. The summed E-state index contributed by atoms with van der Waals surface area (Å²) in [6.45, 7) is 2.01. The first kappa shape index (κ1) is 14.1. The summed E-state index contributed by atoms with van der Waals surface area (Å²) in [5.74, 6) is 0.990. The van der Waals surface area contributed by atoms with E-state index in [0.29, 0.717) is 18.7 Å². The standard InChI is InChI=1S/C14H17N3O3S/c1-10-2-3-11(14-17-15-9-20-14)8-13(10)16-12-4-6-21(18,19)7-5-12/h2-3,8-9,12,16H,4-7H2,1H3. The predicted octanol–water partition coefficient (Wildman–Crippen LogP) is 2.03. The van der Waals surface area contributed by atoms with E-state index in [-0.39, 0.29) is 17.5 Å². The topological polar surface area (TPSA) is 85.1 Å². The number of hydrogen-bond donors (Lipinski definition) is 1. The zero-order chi connectivity index (χ0) is 14.9. The van der Waals surface area contributed by atoms with Crippen molar-refractivity contribution < 1.29 is 12.8 Å². The second-order valence-corrected chi connectivity index (χ2v) is 7.65. The fourth-order valence-corrected chi connectivity index (χ4v) is 3.96. The smallest absolute Gasteiger partial charge is 0.247 e. The molecule has 0 aliphatic carbocycles. The molecule has 1 aromatic heterocycles. The molecule has 1 aliphatic rings. The van der Waals surface area contributed by atoms with Gasteiger partial charge in [0.2, 0.25) is 12.3 Å². The summed E-state index contributed by atoms with van der Waals surface area (Å²) >= 11 is 0. The second-order valence-electron chi connectivity index (χ2n) is 5.34. The third-order valence-electron chi connectivity index (χ3n) is 3.76. The third kappa shape index (κ3) is 3.24. The van der Waals surface area contributed by atoms with Gasteiger partial charge in [-0.05, 0) is 37.5 Å². The Morgan fingerprint density at radius 3 is 2.71 bits per heavy atom. The van der Waals surface area contributed by atoms with Crippen molar-refractivity contribution in [2.75, 3.05) is 16.8 Å². The quantitative estimate of drug-likeness (QED) is 0.934. The van der Waals surface area contributed by atoms with Gasteiger partial charge in [0.05, 0.1) is 11.5 Å². The van der Waals surface area contributed by atoms with Crippen LogP contribution < -0.4 is 5.32 Å². The minimum Gasteiger partial charge on any atom is -0.423 e. The number of anilines is 1. The first-order valence-corrected chi connectivity index (χ1v) is 8.70. The van der Waals surface area contributed by atoms with Gasteiger partial charge in [-0.15, -0.1) is 10.2 Å². The van der Waals surface area contributed by atoms with Crippen LogP contribution in [0.4, 0.5) is 5.69 Å². The van der Waals surface area contributed by atoms with Gasteiger partial charge < -0.3 is 9.73 Å². The summed E-state index contributed by atoms with van der Waals surface area (Å²) in [6, 6.07) is 6.07.